The number of nitrogens with zero attached hydrogens (tertiary/aromatic N) is 4. The standard InChI is InChI=1S/C24H32F3N5O5/c1-22(2,3)37-21(34)28-16-12-15(24(25,26)27)18-29-17(16)19-30-31-20(36-19)23(35,13-33)10-6-4-5-8-14-9-7-11-32(14)18/h12,14,33,35H,4-11,13H2,1-3H3,(H,28,34)/t14-,23?/m1/s1. The van der Waals surface area contributed by atoms with Gasteiger partial charge in [-0.1, -0.05) is 12.8 Å². The minimum Gasteiger partial charge on any atom is -0.444 e. The highest BCUT2D eigenvalue weighted by Gasteiger charge is 2.41. The summed E-state index contributed by atoms with van der Waals surface area (Å²) in [6.07, 6.45) is -1.52. The molecule has 1 saturated heterocycles. The number of carbonyl (C=O) groups excluding carboxylic acids is 1. The molecule has 2 aromatic rings. The summed E-state index contributed by atoms with van der Waals surface area (Å²) in [5.41, 5.74) is -4.27. The summed E-state index contributed by atoms with van der Waals surface area (Å²) in [6.45, 7) is 4.58. The van der Waals surface area contributed by atoms with Crippen molar-refractivity contribution in [2.75, 3.05) is 23.4 Å². The molecule has 0 aliphatic carbocycles. The van der Waals surface area contributed by atoms with Gasteiger partial charge in [0.15, 0.2) is 11.3 Å². The van der Waals surface area contributed by atoms with E-state index in [9.17, 15) is 28.2 Å². The molecule has 0 radical (unpaired) electrons. The first-order chi connectivity index (χ1) is 17.3. The van der Waals surface area contributed by atoms with Crippen molar-refractivity contribution in [2.24, 2.45) is 0 Å². The molecular weight excluding hydrogens is 495 g/mol. The Labute approximate surface area is 212 Å². The molecule has 4 bridgehead atoms. The number of ether oxygens (including phenoxy) is 1. The van der Waals surface area contributed by atoms with Gasteiger partial charge in [-0.25, -0.2) is 9.78 Å². The predicted octanol–water partition coefficient (Wildman–Crippen LogP) is 4.61. The van der Waals surface area contributed by atoms with Crippen molar-refractivity contribution in [1.29, 1.82) is 0 Å². The summed E-state index contributed by atoms with van der Waals surface area (Å²) >= 11 is 0. The van der Waals surface area contributed by atoms with E-state index in [0.29, 0.717) is 32.2 Å². The predicted molar refractivity (Wildman–Crippen MR) is 127 cm³/mol. The maximum Gasteiger partial charge on any atom is 0.420 e. The number of rotatable bonds is 2. The third-order valence-corrected chi connectivity index (χ3v) is 6.51. The van der Waals surface area contributed by atoms with Gasteiger partial charge in [-0.05, 0) is 58.9 Å². The molecule has 2 atom stereocenters. The van der Waals surface area contributed by atoms with E-state index in [-0.39, 0.29) is 41.4 Å². The van der Waals surface area contributed by atoms with E-state index in [1.54, 1.807) is 25.7 Å². The summed E-state index contributed by atoms with van der Waals surface area (Å²) in [5.74, 6) is -0.878. The lowest BCUT2D eigenvalue weighted by Crippen LogP contribution is -2.33. The Hall–Kier alpha value is -2.93. The van der Waals surface area contributed by atoms with Crippen molar-refractivity contribution in [1.82, 2.24) is 15.2 Å². The molecule has 3 N–H and O–H groups in total. The van der Waals surface area contributed by atoms with Crippen LogP contribution in [0.2, 0.25) is 0 Å². The van der Waals surface area contributed by atoms with E-state index in [1.165, 1.54) is 0 Å². The van der Waals surface area contributed by atoms with Gasteiger partial charge in [0, 0.05) is 12.6 Å². The number of hydrogen-bond acceptors (Lipinski definition) is 9. The van der Waals surface area contributed by atoms with Gasteiger partial charge in [0.1, 0.15) is 17.0 Å². The molecule has 2 aliphatic heterocycles. The minimum absolute atomic E-state index is 0.149. The van der Waals surface area contributed by atoms with Crippen LogP contribution in [0, 0.1) is 0 Å². The lowest BCUT2D eigenvalue weighted by Gasteiger charge is -2.29. The van der Waals surface area contributed by atoms with Crippen LogP contribution in [-0.2, 0) is 16.5 Å². The van der Waals surface area contributed by atoms with E-state index in [4.69, 9.17) is 9.15 Å². The number of fused-ring (bicyclic) bond motifs is 7. The summed E-state index contributed by atoms with van der Waals surface area (Å²) in [7, 11) is 0. The van der Waals surface area contributed by atoms with Crippen LogP contribution in [0.1, 0.15) is 77.2 Å². The number of alkyl halides is 3. The van der Waals surface area contributed by atoms with E-state index < -0.39 is 35.6 Å². The molecule has 1 fully saturated rings. The van der Waals surface area contributed by atoms with E-state index in [1.807, 2.05) is 0 Å². The third kappa shape index (κ3) is 5.98. The van der Waals surface area contributed by atoms with Crippen LogP contribution in [0.25, 0.3) is 11.6 Å². The van der Waals surface area contributed by atoms with E-state index >= 15 is 0 Å². The Balaban J connectivity index is 1.90. The smallest absolute Gasteiger partial charge is 0.420 e. The first kappa shape index (κ1) is 27.1. The Morgan fingerprint density at radius 2 is 1.95 bits per heavy atom. The molecule has 0 aromatic carbocycles. The number of aromatic nitrogens is 3. The highest BCUT2D eigenvalue weighted by Crippen LogP contribution is 2.43. The molecule has 2 aromatic heterocycles. The average molecular weight is 528 g/mol. The highest BCUT2D eigenvalue weighted by molar-refractivity contribution is 5.90. The Morgan fingerprint density at radius 3 is 2.62 bits per heavy atom. The minimum atomic E-state index is -4.76. The monoisotopic (exact) mass is 527 g/mol. The van der Waals surface area contributed by atoms with Gasteiger partial charge in [0.2, 0.25) is 0 Å². The summed E-state index contributed by atoms with van der Waals surface area (Å²) in [6, 6.07) is 0.648. The summed E-state index contributed by atoms with van der Waals surface area (Å²) in [5, 5.41) is 30.9. The molecule has 1 amide bonds. The van der Waals surface area contributed by atoms with E-state index in [2.05, 4.69) is 20.5 Å². The van der Waals surface area contributed by atoms with Gasteiger partial charge >= 0.3 is 12.3 Å². The fraction of sp³-hybridized carbons (Fsp3) is 0.667. The number of hydrogen-bond donors (Lipinski definition) is 3. The molecule has 1 unspecified atom stereocenters. The zero-order valence-corrected chi connectivity index (χ0v) is 21.1. The maximum atomic E-state index is 14.3. The maximum absolute atomic E-state index is 14.3. The quantitative estimate of drug-likeness (QED) is 0.512. The first-order valence-corrected chi connectivity index (χ1v) is 12.4. The number of halogens is 3. The Kier molecular flexibility index (Phi) is 7.39. The SMILES string of the molecule is CC(C)(C)OC(=O)Nc1cc(C(F)(F)F)c2nc1-c1nnc(o1)C(O)(CO)CCCCC[C@@H]1CCCN21. The van der Waals surface area contributed by atoms with Crippen LogP contribution in [0.4, 0.5) is 29.5 Å². The number of aliphatic hydroxyl groups is 2. The summed E-state index contributed by atoms with van der Waals surface area (Å²) < 4.78 is 53.8. The first-order valence-electron chi connectivity index (χ1n) is 12.4. The third-order valence-electron chi connectivity index (χ3n) is 6.51. The molecule has 13 heteroatoms. The second-order valence-electron chi connectivity index (χ2n) is 10.6. The Bertz CT molecular complexity index is 1130. The molecule has 204 valence electrons. The van der Waals surface area contributed by atoms with Crippen molar-refractivity contribution in [2.45, 2.75) is 89.1 Å². The molecule has 0 spiro atoms. The normalized spacial score (nSPS) is 22.8. The molecule has 0 saturated carbocycles. The zero-order chi connectivity index (χ0) is 27.0. The number of pyridine rings is 1. The van der Waals surface area contributed by atoms with Crippen LogP contribution >= 0.6 is 0 Å². The van der Waals surface area contributed by atoms with Gasteiger partial charge in [0.05, 0.1) is 12.3 Å². The van der Waals surface area contributed by atoms with Crippen molar-refractivity contribution in [3.05, 3.63) is 17.5 Å². The average Bonchev–Trinajstić information content (AvgIpc) is 3.46. The van der Waals surface area contributed by atoms with Gasteiger partial charge in [0.25, 0.3) is 11.8 Å². The largest absolute Gasteiger partial charge is 0.444 e. The van der Waals surface area contributed by atoms with Crippen LogP contribution in [-0.4, -0.2) is 56.3 Å². The Morgan fingerprint density at radius 1 is 1.22 bits per heavy atom. The van der Waals surface area contributed by atoms with Crippen LogP contribution < -0.4 is 10.2 Å². The molecule has 37 heavy (non-hydrogen) atoms. The van der Waals surface area contributed by atoms with Gasteiger partial charge in [-0.3, -0.25) is 5.32 Å². The number of aliphatic hydroxyl groups excluding tert-OH is 1. The van der Waals surface area contributed by atoms with Crippen molar-refractivity contribution in [3.8, 4) is 11.6 Å². The second kappa shape index (κ2) is 10.1. The van der Waals surface area contributed by atoms with Crippen molar-refractivity contribution >= 4 is 17.6 Å². The van der Waals surface area contributed by atoms with Crippen LogP contribution in [0.15, 0.2) is 10.5 Å². The molecule has 4 heterocycles. The molecule has 2 aliphatic rings. The number of carbonyl (C=O) groups is 1. The second-order valence-corrected chi connectivity index (χ2v) is 10.6. The number of nitrogens with one attached hydrogen (secondary N) is 1. The topological polar surface area (TPSA) is 134 Å². The summed E-state index contributed by atoms with van der Waals surface area (Å²) in [4.78, 5) is 18.5. The zero-order valence-electron chi connectivity index (χ0n) is 21.1. The van der Waals surface area contributed by atoms with Crippen LogP contribution in [0.5, 0.6) is 0 Å². The van der Waals surface area contributed by atoms with Gasteiger partial charge in [-0.2, -0.15) is 13.2 Å². The lowest BCUT2D eigenvalue weighted by molar-refractivity contribution is -0.137. The van der Waals surface area contributed by atoms with E-state index in [0.717, 1.165) is 18.9 Å². The van der Waals surface area contributed by atoms with Gasteiger partial charge < -0.3 is 24.3 Å². The van der Waals surface area contributed by atoms with Gasteiger partial charge in [-0.15, -0.1) is 10.2 Å². The molecular formula is C24H32F3N5O5. The molecule has 4 rings (SSSR count). The lowest BCUT2D eigenvalue weighted by atomic mass is 9.95. The van der Waals surface area contributed by atoms with Crippen LogP contribution in [0.3, 0.4) is 0 Å². The van der Waals surface area contributed by atoms with Crippen molar-refractivity contribution in [3.63, 3.8) is 0 Å². The highest BCUT2D eigenvalue weighted by atomic mass is 19.4. The number of amides is 1. The number of anilines is 2. The molecule has 10 nitrogen and oxygen atoms in total. The van der Waals surface area contributed by atoms with Crippen molar-refractivity contribution < 1.29 is 37.3 Å². The fourth-order valence-corrected chi connectivity index (χ4v) is 4.75. The fourth-order valence-electron chi connectivity index (χ4n) is 4.75.